The number of nitrogens with one attached hydrogen (secondary N) is 1. The number of likely N-dealkylation sites (N-methyl/N-ethyl adjacent to an activating group) is 1. The Morgan fingerprint density at radius 3 is 2.42 bits per heavy atom. The topological polar surface area (TPSA) is 35.5 Å². The number of nitrogens with zero attached hydrogens (tertiary/aromatic N) is 1. The summed E-state index contributed by atoms with van der Waals surface area (Å²) in [5.74, 6) is 0. The summed E-state index contributed by atoms with van der Waals surface area (Å²) in [7, 11) is 2.01. The Kier molecular flexibility index (Phi) is 6.34. The van der Waals surface area contributed by atoms with Crippen LogP contribution in [0.1, 0.15) is 20.8 Å². The molecule has 2 N–H and O–H groups in total. The Labute approximate surface area is 75.8 Å². The molecule has 0 heterocycles. The van der Waals surface area contributed by atoms with E-state index in [1.165, 1.54) is 0 Å². The van der Waals surface area contributed by atoms with Crippen LogP contribution in [0.15, 0.2) is 0 Å². The van der Waals surface area contributed by atoms with Gasteiger partial charge in [-0.1, -0.05) is 20.8 Å². The average molecular weight is 174 g/mol. The number of aliphatic hydroxyl groups is 1. The van der Waals surface area contributed by atoms with E-state index in [-0.39, 0.29) is 6.10 Å². The summed E-state index contributed by atoms with van der Waals surface area (Å²) in [6.45, 7) is 8.66. The maximum absolute atomic E-state index is 9.50. The summed E-state index contributed by atoms with van der Waals surface area (Å²) in [5, 5.41) is 12.7. The molecular formula is C9H22N2O. The third-order valence-electron chi connectivity index (χ3n) is 1.82. The SMILES string of the molecule is CCN(C)CC(O)CNC(C)C. The molecule has 0 radical (unpaired) electrons. The largest absolute Gasteiger partial charge is 0.390 e. The first-order chi connectivity index (χ1) is 5.56. The van der Waals surface area contributed by atoms with Crippen LogP contribution in [0, 0.1) is 0 Å². The molecule has 0 aromatic rings. The zero-order valence-electron chi connectivity index (χ0n) is 8.67. The van der Waals surface area contributed by atoms with E-state index in [4.69, 9.17) is 0 Å². The van der Waals surface area contributed by atoms with Crippen molar-refractivity contribution in [3.63, 3.8) is 0 Å². The molecule has 0 aromatic heterocycles. The monoisotopic (exact) mass is 174 g/mol. The van der Waals surface area contributed by atoms with Crippen molar-refractivity contribution >= 4 is 0 Å². The van der Waals surface area contributed by atoms with Gasteiger partial charge in [-0.2, -0.15) is 0 Å². The van der Waals surface area contributed by atoms with Gasteiger partial charge in [0, 0.05) is 19.1 Å². The average Bonchev–Trinajstić information content (AvgIpc) is 2.00. The van der Waals surface area contributed by atoms with Gasteiger partial charge in [-0.15, -0.1) is 0 Å². The van der Waals surface area contributed by atoms with Crippen LogP contribution in [-0.2, 0) is 0 Å². The van der Waals surface area contributed by atoms with Gasteiger partial charge in [0.05, 0.1) is 6.10 Å². The van der Waals surface area contributed by atoms with Crippen LogP contribution in [0.2, 0.25) is 0 Å². The highest BCUT2D eigenvalue weighted by Crippen LogP contribution is 1.88. The molecule has 0 saturated carbocycles. The van der Waals surface area contributed by atoms with Gasteiger partial charge in [0.2, 0.25) is 0 Å². The normalized spacial score (nSPS) is 14.2. The molecule has 0 fully saturated rings. The van der Waals surface area contributed by atoms with Gasteiger partial charge in [-0.05, 0) is 13.6 Å². The van der Waals surface area contributed by atoms with E-state index in [2.05, 4.69) is 31.0 Å². The second-order valence-corrected chi connectivity index (χ2v) is 3.57. The van der Waals surface area contributed by atoms with Crippen LogP contribution >= 0.6 is 0 Å². The van der Waals surface area contributed by atoms with Crippen molar-refractivity contribution in [3.8, 4) is 0 Å². The quantitative estimate of drug-likeness (QED) is 0.608. The van der Waals surface area contributed by atoms with E-state index < -0.39 is 0 Å². The van der Waals surface area contributed by atoms with E-state index in [1.807, 2.05) is 7.05 Å². The number of aliphatic hydroxyl groups excluding tert-OH is 1. The molecule has 0 bridgehead atoms. The van der Waals surface area contributed by atoms with Crippen molar-refractivity contribution < 1.29 is 5.11 Å². The fourth-order valence-corrected chi connectivity index (χ4v) is 0.925. The van der Waals surface area contributed by atoms with Crippen LogP contribution in [0.25, 0.3) is 0 Å². The third-order valence-corrected chi connectivity index (χ3v) is 1.82. The van der Waals surface area contributed by atoms with Gasteiger partial charge in [0.25, 0.3) is 0 Å². The lowest BCUT2D eigenvalue weighted by Crippen LogP contribution is -2.38. The first-order valence-electron chi connectivity index (χ1n) is 4.66. The molecule has 3 heteroatoms. The predicted molar refractivity (Wildman–Crippen MR) is 52.3 cm³/mol. The van der Waals surface area contributed by atoms with Crippen molar-refractivity contribution in [2.75, 3.05) is 26.7 Å². The van der Waals surface area contributed by atoms with Crippen molar-refractivity contribution in [2.45, 2.75) is 32.9 Å². The lowest BCUT2D eigenvalue weighted by Gasteiger charge is -2.19. The molecule has 0 spiro atoms. The maximum atomic E-state index is 9.50. The second-order valence-electron chi connectivity index (χ2n) is 3.57. The summed E-state index contributed by atoms with van der Waals surface area (Å²) in [6.07, 6.45) is -0.252. The van der Waals surface area contributed by atoms with Crippen LogP contribution in [0.3, 0.4) is 0 Å². The van der Waals surface area contributed by atoms with Crippen LogP contribution in [-0.4, -0.2) is 48.8 Å². The minimum atomic E-state index is -0.252. The smallest absolute Gasteiger partial charge is 0.0791 e. The molecule has 0 aliphatic rings. The molecular weight excluding hydrogens is 152 g/mol. The van der Waals surface area contributed by atoms with Gasteiger partial charge in [0.1, 0.15) is 0 Å². The van der Waals surface area contributed by atoms with Crippen LogP contribution in [0.5, 0.6) is 0 Å². The fraction of sp³-hybridized carbons (Fsp3) is 1.00. The zero-order chi connectivity index (χ0) is 9.56. The molecule has 74 valence electrons. The van der Waals surface area contributed by atoms with Crippen molar-refractivity contribution in [2.24, 2.45) is 0 Å². The minimum Gasteiger partial charge on any atom is -0.390 e. The first-order valence-corrected chi connectivity index (χ1v) is 4.66. The summed E-state index contributed by atoms with van der Waals surface area (Å²) >= 11 is 0. The van der Waals surface area contributed by atoms with E-state index in [0.717, 1.165) is 13.1 Å². The molecule has 0 amide bonds. The molecule has 0 aromatic carbocycles. The van der Waals surface area contributed by atoms with E-state index in [1.54, 1.807) is 0 Å². The van der Waals surface area contributed by atoms with Gasteiger partial charge in [0.15, 0.2) is 0 Å². The second kappa shape index (κ2) is 6.40. The fourth-order valence-electron chi connectivity index (χ4n) is 0.925. The van der Waals surface area contributed by atoms with Gasteiger partial charge >= 0.3 is 0 Å². The van der Waals surface area contributed by atoms with E-state index >= 15 is 0 Å². The van der Waals surface area contributed by atoms with Gasteiger partial charge in [-0.25, -0.2) is 0 Å². The van der Waals surface area contributed by atoms with Gasteiger partial charge < -0.3 is 15.3 Å². The lowest BCUT2D eigenvalue weighted by molar-refractivity contribution is 0.124. The summed E-state index contributed by atoms with van der Waals surface area (Å²) in [4.78, 5) is 2.10. The molecule has 0 saturated heterocycles. The summed E-state index contributed by atoms with van der Waals surface area (Å²) in [6, 6.07) is 0.451. The number of rotatable bonds is 6. The lowest BCUT2D eigenvalue weighted by atomic mass is 10.3. The standard InChI is InChI=1S/C9H22N2O/c1-5-11(4)7-9(12)6-10-8(2)3/h8-10,12H,5-7H2,1-4H3. The zero-order valence-corrected chi connectivity index (χ0v) is 8.67. The highest BCUT2D eigenvalue weighted by Gasteiger charge is 2.06. The Morgan fingerprint density at radius 2 is 2.00 bits per heavy atom. The molecule has 0 aliphatic heterocycles. The minimum absolute atomic E-state index is 0.252. The molecule has 1 atom stereocenters. The predicted octanol–water partition coefficient (Wildman–Crippen LogP) is 0.297. The number of hydrogen-bond donors (Lipinski definition) is 2. The molecule has 0 rings (SSSR count). The van der Waals surface area contributed by atoms with E-state index in [0.29, 0.717) is 12.6 Å². The molecule has 0 aliphatic carbocycles. The Hall–Kier alpha value is -0.120. The summed E-state index contributed by atoms with van der Waals surface area (Å²) < 4.78 is 0. The van der Waals surface area contributed by atoms with Crippen LogP contribution in [0.4, 0.5) is 0 Å². The molecule has 1 unspecified atom stereocenters. The Morgan fingerprint density at radius 1 is 1.42 bits per heavy atom. The highest BCUT2D eigenvalue weighted by molar-refractivity contribution is 4.64. The molecule has 3 nitrogen and oxygen atoms in total. The van der Waals surface area contributed by atoms with Crippen molar-refractivity contribution in [1.82, 2.24) is 10.2 Å². The highest BCUT2D eigenvalue weighted by atomic mass is 16.3. The first kappa shape index (κ1) is 11.9. The number of hydrogen-bond acceptors (Lipinski definition) is 3. The molecule has 12 heavy (non-hydrogen) atoms. The Balaban J connectivity index is 3.39. The third kappa shape index (κ3) is 6.58. The Bertz CT molecular complexity index is 107. The van der Waals surface area contributed by atoms with E-state index in [9.17, 15) is 5.11 Å². The van der Waals surface area contributed by atoms with Crippen molar-refractivity contribution in [1.29, 1.82) is 0 Å². The van der Waals surface area contributed by atoms with Crippen molar-refractivity contribution in [3.05, 3.63) is 0 Å². The summed E-state index contributed by atoms with van der Waals surface area (Å²) in [5.41, 5.74) is 0. The maximum Gasteiger partial charge on any atom is 0.0791 e. The van der Waals surface area contributed by atoms with Gasteiger partial charge in [-0.3, -0.25) is 0 Å². The van der Waals surface area contributed by atoms with Crippen LogP contribution < -0.4 is 5.32 Å².